The van der Waals surface area contributed by atoms with Crippen molar-refractivity contribution in [2.45, 2.75) is 20.4 Å². The van der Waals surface area contributed by atoms with Gasteiger partial charge in [-0.15, -0.1) is 11.3 Å². The minimum atomic E-state index is -0.0564. The van der Waals surface area contributed by atoms with E-state index in [0.717, 1.165) is 28.1 Å². The molecule has 2 aromatic heterocycles. The van der Waals surface area contributed by atoms with E-state index >= 15 is 0 Å². The van der Waals surface area contributed by atoms with E-state index in [1.54, 1.807) is 11.3 Å². The first-order valence-electron chi connectivity index (χ1n) is 6.64. The van der Waals surface area contributed by atoms with E-state index in [9.17, 15) is 4.79 Å². The Balaban J connectivity index is 1.92. The number of amides is 1. The summed E-state index contributed by atoms with van der Waals surface area (Å²) in [4.78, 5) is 12.4. The van der Waals surface area contributed by atoms with Gasteiger partial charge in [0.05, 0.1) is 10.2 Å². The molecule has 1 amide bonds. The molecule has 4 heteroatoms. The van der Waals surface area contributed by atoms with Crippen molar-refractivity contribution in [1.29, 1.82) is 0 Å². The second kappa shape index (κ2) is 5.13. The molecule has 0 radical (unpaired) electrons. The lowest BCUT2D eigenvalue weighted by molar-refractivity contribution is 0.101. The third-order valence-corrected chi connectivity index (χ3v) is 4.23. The van der Waals surface area contributed by atoms with Crippen LogP contribution in [0.5, 0.6) is 0 Å². The van der Waals surface area contributed by atoms with E-state index < -0.39 is 0 Å². The van der Waals surface area contributed by atoms with Gasteiger partial charge in [0.2, 0.25) is 0 Å². The highest BCUT2D eigenvalue weighted by molar-refractivity contribution is 7.17. The Morgan fingerprint density at radius 2 is 2.00 bits per heavy atom. The van der Waals surface area contributed by atoms with Crippen LogP contribution >= 0.6 is 11.3 Å². The molecule has 1 N–H and O–H groups in total. The van der Waals surface area contributed by atoms with Gasteiger partial charge in [-0.25, -0.2) is 0 Å². The smallest absolute Gasteiger partial charge is 0.272 e. The maximum Gasteiger partial charge on any atom is 0.272 e. The summed E-state index contributed by atoms with van der Waals surface area (Å²) in [5.74, 6) is -0.0564. The molecule has 0 saturated carbocycles. The van der Waals surface area contributed by atoms with Crippen LogP contribution in [0.2, 0.25) is 0 Å². The summed E-state index contributed by atoms with van der Waals surface area (Å²) in [5.41, 5.74) is 3.86. The van der Waals surface area contributed by atoms with Crippen LogP contribution in [0, 0.1) is 6.92 Å². The SMILES string of the molecule is CCn1c(C(=O)Nc2ccc(C)cc2)cc2sccc21. The Kier molecular flexibility index (Phi) is 3.32. The van der Waals surface area contributed by atoms with Crippen molar-refractivity contribution in [3.63, 3.8) is 0 Å². The lowest BCUT2D eigenvalue weighted by Gasteiger charge is -2.08. The Morgan fingerprint density at radius 3 is 2.70 bits per heavy atom. The average Bonchev–Trinajstić information content (AvgIpc) is 3.01. The van der Waals surface area contributed by atoms with E-state index in [4.69, 9.17) is 0 Å². The predicted octanol–water partition coefficient (Wildman–Crippen LogP) is 4.28. The number of hydrogen-bond acceptors (Lipinski definition) is 2. The number of carbonyl (C=O) groups is 1. The maximum absolute atomic E-state index is 12.4. The van der Waals surface area contributed by atoms with Gasteiger partial charge in [-0.2, -0.15) is 0 Å². The van der Waals surface area contributed by atoms with Gasteiger partial charge in [0.1, 0.15) is 5.69 Å². The average molecular weight is 284 g/mol. The fraction of sp³-hybridized carbons (Fsp3) is 0.188. The topological polar surface area (TPSA) is 34.0 Å². The lowest BCUT2D eigenvalue weighted by atomic mass is 10.2. The molecule has 0 aliphatic carbocycles. The van der Waals surface area contributed by atoms with Gasteiger partial charge in [-0.1, -0.05) is 17.7 Å². The van der Waals surface area contributed by atoms with Crippen molar-refractivity contribution >= 4 is 33.1 Å². The molecule has 3 nitrogen and oxygen atoms in total. The third kappa shape index (κ3) is 2.23. The molecule has 2 heterocycles. The van der Waals surface area contributed by atoms with Gasteiger partial charge in [-0.05, 0) is 43.5 Å². The van der Waals surface area contributed by atoms with Crippen LogP contribution in [0.15, 0.2) is 41.8 Å². The molecule has 102 valence electrons. The number of nitrogens with zero attached hydrogens (tertiary/aromatic N) is 1. The maximum atomic E-state index is 12.4. The molecule has 3 aromatic rings. The van der Waals surface area contributed by atoms with Gasteiger partial charge >= 0.3 is 0 Å². The minimum Gasteiger partial charge on any atom is -0.336 e. The summed E-state index contributed by atoms with van der Waals surface area (Å²) in [6, 6.07) is 11.9. The summed E-state index contributed by atoms with van der Waals surface area (Å²) in [6.07, 6.45) is 0. The highest BCUT2D eigenvalue weighted by Gasteiger charge is 2.15. The summed E-state index contributed by atoms with van der Waals surface area (Å²) in [5, 5.41) is 5.01. The van der Waals surface area contributed by atoms with Crippen LogP contribution in [0.3, 0.4) is 0 Å². The Hall–Kier alpha value is -2.07. The molecule has 0 fully saturated rings. The largest absolute Gasteiger partial charge is 0.336 e. The van der Waals surface area contributed by atoms with Gasteiger partial charge < -0.3 is 9.88 Å². The van der Waals surface area contributed by atoms with Gasteiger partial charge in [0.25, 0.3) is 5.91 Å². The van der Waals surface area contributed by atoms with Crippen LogP contribution in [-0.4, -0.2) is 10.5 Å². The van der Waals surface area contributed by atoms with Crippen LogP contribution in [0.4, 0.5) is 5.69 Å². The number of nitrogens with one attached hydrogen (secondary N) is 1. The van der Waals surface area contributed by atoms with Crippen LogP contribution in [-0.2, 0) is 6.54 Å². The van der Waals surface area contributed by atoms with Crippen LogP contribution < -0.4 is 5.32 Å². The predicted molar refractivity (Wildman–Crippen MR) is 84.6 cm³/mol. The van der Waals surface area contributed by atoms with Gasteiger partial charge in [0.15, 0.2) is 0 Å². The summed E-state index contributed by atoms with van der Waals surface area (Å²) < 4.78 is 3.20. The molecule has 1 aromatic carbocycles. The number of anilines is 1. The highest BCUT2D eigenvalue weighted by atomic mass is 32.1. The first kappa shape index (κ1) is 12.9. The highest BCUT2D eigenvalue weighted by Crippen LogP contribution is 2.25. The number of carbonyl (C=O) groups excluding carboxylic acids is 1. The van der Waals surface area contributed by atoms with E-state index in [-0.39, 0.29) is 5.91 Å². The first-order valence-corrected chi connectivity index (χ1v) is 7.51. The summed E-state index contributed by atoms with van der Waals surface area (Å²) in [7, 11) is 0. The number of aromatic nitrogens is 1. The molecular weight excluding hydrogens is 268 g/mol. The quantitative estimate of drug-likeness (QED) is 0.765. The Bertz CT molecular complexity index is 752. The molecule has 0 bridgehead atoms. The van der Waals surface area contributed by atoms with Crippen molar-refractivity contribution in [2.24, 2.45) is 0 Å². The third-order valence-electron chi connectivity index (χ3n) is 3.38. The molecule has 0 spiro atoms. The monoisotopic (exact) mass is 284 g/mol. The fourth-order valence-electron chi connectivity index (χ4n) is 2.34. The molecule has 3 rings (SSSR count). The van der Waals surface area contributed by atoms with Crippen LogP contribution in [0.25, 0.3) is 10.2 Å². The number of thiophene rings is 1. The van der Waals surface area contributed by atoms with Crippen molar-refractivity contribution in [2.75, 3.05) is 5.32 Å². The second-order valence-corrected chi connectivity index (χ2v) is 5.71. The summed E-state index contributed by atoms with van der Waals surface area (Å²) in [6.45, 7) is 4.87. The zero-order chi connectivity index (χ0) is 14.1. The van der Waals surface area contributed by atoms with E-state index in [0.29, 0.717) is 0 Å². The first-order chi connectivity index (χ1) is 9.69. The zero-order valence-electron chi connectivity index (χ0n) is 11.5. The number of fused-ring (bicyclic) bond motifs is 1. The van der Waals surface area contributed by atoms with Gasteiger partial charge in [-0.3, -0.25) is 4.79 Å². The zero-order valence-corrected chi connectivity index (χ0v) is 12.3. The van der Waals surface area contributed by atoms with Crippen LogP contribution in [0.1, 0.15) is 23.0 Å². The minimum absolute atomic E-state index is 0.0564. The molecule has 0 saturated heterocycles. The van der Waals surface area contributed by atoms with Crippen molar-refractivity contribution < 1.29 is 4.79 Å². The Morgan fingerprint density at radius 1 is 1.25 bits per heavy atom. The Labute approximate surface area is 121 Å². The number of aryl methyl sites for hydroxylation is 2. The van der Waals surface area contributed by atoms with E-state index in [2.05, 4.69) is 28.3 Å². The standard InChI is InChI=1S/C16H16N2OS/c1-3-18-13-8-9-20-15(13)10-14(18)16(19)17-12-6-4-11(2)5-7-12/h4-10H,3H2,1-2H3,(H,17,19). The van der Waals surface area contributed by atoms with E-state index in [1.807, 2.05) is 37.3 Å². The van der Waals surface area contributed by atoms with Crippen molar-refractivity contribution in [3.8, 4) is 0 Å². The lowest BCUT2D eigenvalue weighted by Crippen LogP contribution is -2.16. The number of hydrogen-bond donors (Lipinski definition) is 1. The van der Waals surface area contributed by atoms with Crippen molar-refractivity contribution in [3.05, 3.63) is 53.0 Å². The number of benzene rings is 1. The molecular formula is C16H16N2OS. The van der Waals surface area contributed by atoms with Crippen molar-refractivity contribution in [1.82, 2.24) is 4.57 Å². The van der Waals surface area contributed by atoms with Gasteiger partial charge in [0, 0.05) is 12.2 Å². The molecule has 0 unspecified atom stereocenters. The molecule has 0 aliphatic rings. The second-order valence-electron chi connectivity index (χ2n) is 4.76. The molecule has 0 atom stereocenters. The molecule has 0 aliphatic heterocycles. The summed E-state index contributed by atoms with van der Waals surface area (Å²) >= 11 is 1.66. The fourth-order valence-corrected chi connectivity index (χ4v) is 3.16. The normalized spacial score (nSPS) is 10.9. The van der Waals surface area contributed by atoms with E-state index in [1.165, 1.54) is 5.56 Å². The number of rotatable bonds is 3. The molecule has 20 heavy (non-hydrogen) atoms.